The second-order valence-corrected chi connectivity index (χ2v) is 8.89. The molecule has 0 aromatic carbocycles. The summed E-state index contributed by atoms with van der Waals surface area (Å²) >= 11 is 0. The van der Waals surface area contributed by atoms with Crippen LogP contribution in [0.2, 0.25) is 0 Å². The summed E-state index contributed by atoms with van der Waals surface area (Å²) < 4.78 is 0. The van der Waals surface area contributed by atoms with E-state index in [0.29, 0.717) is 25.0 Å². The minimum Gasteiger partial charge on any atom is -0.300 e. The molecule has 0 aromatic heterocycles. The van der Waals surface area contributed by atoms with Crippen molar-refractivity contribution in [3.8, 4) is 0 Å². The topological polar surface area (TPSA) is 119 Å². The van der Waals surface area contributed by atoms with Gasteiger partial charge in [0.15, 0.2) is 0 Å². The molecule has 7 nitrogen and oxygen atoms in total. The quantitative estimate of drug-likeness (QED) is 0.310. The zero-order valence-electron chi connectivity index (χ0n) is 25.6. The van der Waals surface area contributed by atoms with Gasteiger partial charge in [-0.25, -0.2) is 0 Å². The molecule has 214 valence electrons. The Bertz CT molecular complexity index is 585. The molecule has 36 heavy (non-hydrogen) atoms. The van der Waals surface area contributed by atoms with Crippen molar-refractivity contribution in [1.29, 1.82) is 0 Å². The van der Waals surface area contributed by atoms with Crippen molar-refractivity contribution in [3.05, 3.63) is 0 Å². The zero-order chi connectivity index (χ0) is 30.3. The summed E-state index contributed by atoms with van der Waals surface area (Å²) in [6.07, 6.45) is 6.12. The van der Waals surface area contributed by atoms with Gasteiger partial charge in [0, 0.05) is 38.0 Å². The van der Waals surface area contributed by atoms with Crippen LogP contribution in [0.1, 0.15) is 141 Å². The summed E-state index contributed by atoms with van der Waals surface area (Å²) in [5, 5.41) is 0. The average molecular weight is 517 g/mol. The van der Waals surface area contributed by atoms with Crippen LogP contribution in [0.15, 0.2) is 0 Å². The Labute approximate surface area is 221 Å². The van der Waals surface area contributed by atoms with Crippen molar-refractivity contribution >= 4 is 40.5 Å². The van der Waals surface area contributed by atoms with Gasteiger partial charge in [-0.3, -0.25) is 4.79 Å². The largest absolute Gasteiger partial charge is 0.300 e. The first-order valence-corrected chi connectivity index (χ1v) is 12.8. The molecule has 0 aliphatic rings. The van der Waals surface area contributed by atoms with E-state index in [9.17, 15) is 33.6 Å². The molecular weight excluding hydrogens is 460 g/mol. The van der Waals surface area contributed by atoms with Gasteiger partial charge in [0.05, 0.1) is 0 Å². The third-order valence-corrected chi connectivity index (χ3v) is 3.62. The first kappa shape index (κ1) is 47.0. The van der Waals surface area contributed by atoms with Crippen LogP contribution in [0, 0.1) is 5.92 Å². The first-order valence-electron chi connectivity index (χ1n) is 12.8. The second-order valence-electron chi connectivity index (χ2n) is 8.89. The van der Waals surface area contributed by atoms with Gasteiger partial charge in [0.1, 0.15) is 40.5 Å². The highest BCUT2D eigenvalue weighted by molar-refractivity contribution is 5.83. The van der Waals surface area contributed by atoms with Crippen molar-refractivity contribution in [1.82, 2.24) is 0 Å². The molecule has 0 rings (SSSR count). The molecule has 0 unspecified atom stereocenters. The molecular formula is C29H56O7. The lowest BCUT2D eigenvalue weighted by Crippen LogP contribution is -1.98. The van der Waals surface area contributed by atoms with E-state index in [-0.39, 0.29) is 40.6 Å². The Morgan fingerprint density at radius 3 is 0.778 bits per heavy atom. The van der Waals surface area contributed by atoms with Gasteiger partial charge in [-0.1, -0.05) is 41.0 Å². The summed E-state index contributed by atoms with van der Waals surface area (Å²) in [5.74, 6) is 1.66. The number of carbonyl (C=O) groups is 7. The van der Waals surface area contributed by atoms with Gasteiger partial charge in [0.25, 0.3) is 0 Å². The van der Waals surface area contributed by atoms with Crippen molar-refractivity contribution in [3.63, 3.8) is 0 Å². The summed E-state index contributed by atoms with van der Waals surface area (Å²) in [6, 6.07) is 0. The van der Waals surface area contributed by atoms with Gasteiger partial charge in [-0.15, -0.1) is 0 Å². The number of carbonyl (C=O) groups excluding carboxylic acids is 7. The second kappa shape index (κ2) is 37.2. The number of hydrogen-bond acceptors (Lipinski definition) is 7. The summed E-state index contributed by atoms with van der Waals surface area (Å²) in [5.41, 5.74) is 0. The molecule has 0 aromatic rings. The standard InChI is InChI=1S/C6H10O2.C6H12O.2C5H10O.C4H8O.C3H6O/c1-5(7)3-4-6(2)8;1-3-4-5-6(2)7;1-4(2)5(3)6;1-3-4-5(2)6;1-3-4(2)5;1-3(2)4/h3-4H2,1-2H3;3-5H2,1-2H3;4H,1-3H3;3-4H2,1-2H3;3H2,1-2H3;1-2H3. The monoisotopic (exact) mass is 516 g/mol. The van der Waals surface area contributed by atoms with Crippen LogP contribution in [-0.2, 0) is 33.6 Å². The average Bonchev–Trinajstić information content (AvgIpc) is 2.72. The Morgan fingerprint density at radius 2 is 0.722 bits per heavy atom. The molecule has 0 bridgehead atoms. The van der Waals surface area contributed by atoms with Crippen LogP contribution in [0.4, 0.5) is 0 Å². The lowest BCUT2D eigenvalue weighted by atomic mass is 10.1. The Kier molecular flexibility index (Phi) is 48.6. The maximum Gasteiger partial charge on any atom is 0.132 e. The van der Waals surface area contributed by atoms with Crippen molar-refractivity contribution < 1.29 is 33.6 Å². The van der Waals surface area contributed by atoms with Gasteiger partial charge >= 0.3 is 0 Å². The van der Waals surface area contributed by atoms with E-state index < -0.39 is 0 Å². The molecule has 0 aliphatic heterocycles. The van der Waals surface area contributed by atoms with Gasteiger partial charge in [-0.05, 0) is 68.2 Å². The predicted molar refractivity (Wildman–Crippen MR) is 149 cm³/mol. The summed E-state index contributed by atoms with van der Waals surface area (Å²) in [6.45, 7) is 22.2. The lowest BCUT2D eigenvalue weighted by Gasteiger charge is -1.90. The van der Waals surface area contributed by atoms with E-state index in [0.717, 1.165) is 32.1 Å². The predicted octanol–water partition coefficient (Wildman–Crippen LogP) is 6.90. The van der Waals surface area contributed by atoms with Crippen LogP contribution in [0.5, 0.6) is 0 Å². The van der Waals surface area contributed by atoms with Crippen LogP contribution < -0.4 is 0 Å². The van der Waals surface area contributed by atoms with E-state index in [4.69, 9.17) is 0 Å². The molecule has 0 spiro atoms. The van der Waals surface area contributed by atoms with Crippen LogP contribution in [-0.4, -0.2) is 40.5 Å². The molecule has 0 aliphatic carbocycles. The summed E-state index contributed by atoms with van der Waals surface area (Å²) in [4.78, 5) is 70.0. The summed E-state index contributed by atoms with van der Waals surface area (Å²) in [7, 11) is 0. The highest BCUT2D eigenvalue weighted by atomic mass is 16.1. The van der Waals surface area contributed by atoms with E-state index in [2.05, 4.69) is 6.92 Å². The van der Waals surface area contributed by atoms with Crippen LogP contribution in [0.3, 0.4) is 0 Å². The highest BCUT2D eigenvalue weighted by Crippen LogP contribution is 1.92. The SMILES string of the molecule is CC(=O)C(C)C.CC(=O)CCC(C)=O.CC(C)=O.CCC(C)=O.CCCC(C)=O.CCCCC(C)=O. The maximum atomic E-state index is 10.2. The fraction of sp³-hybridized carbons (Fsp3) is 0.759. The molecule has 0 saturated carbocycles. The number of ketones is 7. The molecule has 0 saturated heterocycles. The van der Waals surface area contributed by atoms with E-state index >= 15 is 0 Å². The van der Waals surface area contributed by atoms with Gasteiger partial charge < -0.3 is 28.8 Å². The zero-order valence-corrected chi connectivity index (χ0v) is 25.6. The van der Waals surface area contributed by atoms with Crippen molar-refractivity contribution in [2.24, 2.45) is 5.92 Å². The van der Waals surface area contributed by atoms with Crippen molar-refractivity contribution in [2.45, 2.75) is 141 Å². The van der Waals surface area contributed by atoms with Crippen molar-refractivity contribution in [2.75, 3.05) is 0 Å². The van der Waals surface area contributed by atoms with E-state index in [1.807, 2.05) is 27.7 Å². The maximum absolute atomic E-state index is 10.2. The molecule has 0 atom stereocenters. The molecule has 0 radical (unpaired) electrons. The fourth-order valence-corrected chi connectivity index (χ4v) is 1.13. The van der Waals surface area contributed by atoms with Crippen LogP contribution >= 0.6 is 0 Å². The minimum absolute atomic E-state index is 0.0835. The molecule has 0 fully saturated rings. The normalized spacial score (nSPS) is 8.39. The van der Waals surface area contributed by atoms with E-state index in [1.165, 1.54) is 27.7 Å². The Morgan fingerprint density at radius 1 is 0.472 bits per heavy atom. The third kappa shape index (κ3) is 121. The van der Waals surface area contributed by atoms with Gasteiger partial charge in [-0.2, -0.15) is 0 Å². The number of rotatable bonds is 10. The first-order chi connectivity index (χ1) is 16.3. The molecule has 7 heteroatoms. The molecule has 0 N–H and O–H groups in total. The van der Waals surface area contributed by atoms with Gasteiger partial charge in [0.2, 0.25) is 0 Å². The minimum atomic E-state index is 0.0835. The molecule has 0 amide bonds. The molecule has 0 heterocycles. The van der Waals surface area contributed by atoms with Crippen LogP contribution in [0.25, 0.3) is 0 Å². The number of hydrogen-bond donors (Lipinski definition) is 0. The highest BCUT2D eigenvalue weighted by Gasteiger charge is 1.95. The Hall–Kier alpha value is -2.31. The third-order valence-electron chi connectivity index (χ3n) is 3.62. The smallest absolute Gasteiger partial charge is 0.132 e. The Balaban J connectivity index is -0.0000000760. The van der Waals surface area contributed by atoms with E-state index in [1.54, 1.807) is 27.7 Å². The lowest BCUT2D eigenvalue weighted by molar-refractivity contribution is -0.122. The number of unbranched alkanes of at least 4 members (excludes halogenated alkanes) is 1. The number of Topliss-reactive ketones (excluding diaryl/α,β-unsaturated/α-hetero) is 7. The fourth-order valence-electron chi connectivity index (χ4n) is 1.13.